The molecule has 0 aromatic heterocycles. The van der Waals surface area contributed by atoms with Gasteiger partial charge < -0.3 is 24.6 Å². The van der Waals surface area contributed by atoms with Crippen molar-refractivity contribution in [2.45, 2.75) is 283 Å². The van der Waals surface area contributed by atoms with Crippen molar-refractivity contribution >= 4 is 19.8 Å². The van der Waals surface area contributed by atoms with Crippen molar-refractivity contribution in [1.82, 2.24) is 0 Å². The maximum Gasteiger partial charge on any atom is 0.472 e. The Labute approximate surface area is 375 Å². The summed E-state index contributed by atoms with van der Waals surface area (Å²) in [7, 11) is -4.61. The van der Waals surface area contributed by atoms with E-state index in [1.807, 2.05) is 0 Å². The molecule has 0 fully saturated rings. The van der Waals surface area contributed by atoms with Gasteiger partial charge in [-0.15, -0.1) is 0 Å². The zero-order valence-corrected chi connectivity index (χ0v) is 40.8. The fraction of sp³-hybridized carbons (Fsp3) is 0.960. The van der Waals surface area contributed by atoms with Crippen LogP contribution in [0.1, 0.15) is 271 Å². The second-order valence-corrected chi connectivity index (χ2v) is 19.4. The van der Waals surface area contributed by atoms with Crippen LogP contribution in [0.15, 0.2) is 0 Å². The Hall–Kier alpha value is -1.03. The molecular weight excluding hydrogens is 792 g/mol. The average Bonchev–Trinajstić information content (AvgIpc) is 3.25. The average molecular weight is 891 g/mol. The Balaban J connectivity index is 4.07. The Kier molecular flexibility index (Phi) is 46.2. The minimum atomic E-state index is -4.61. The molecular formula is C50H99O10P. The SMILES string of the molecule is CCCCCCCCCCCCCCCCCCCCCCCCCC(=O)OC[C@@H](COP(=O)(O)OC[C@H](O)CO)OC(=O)CCCCCCCCCCCCCCCCC. The van der Waals surface area contributed by atoms with Crippen LogP contribution in [0.25, 0.3) is 0 Å². The number of rotatable bonds is 50. The van der Waals surface area contributed by atoms with Crippen molar-refractivity contribution in [2.24, 2.45) is 0 Å². The van der Waals surface area contributed by atoms with Crippen LogP contribution in [0.4, 0.5) is 0 Å². The van der Waals surface area contributed by atoms with Gasteiger partial charge in [-0.2, -0.15) is 0 Å². The molecule has 3 N–H and O–H groups in total. The van der Waals surface area contributed by atoms with E-state index in [0.717, 1.165) is 32.1 Å². The summed E-state index contributed by atoms with van der Waals surface area (Å²) in [6.45, 7) is 2.45. The van der Waals surface area contributed by atoms with Crippen molar-refractivity contribution in [2.75, 3.05) is 26.4 Å². The van der Waals surface area contributed by atoms with Gasteiger partial charge in [0.15, 0.2) is 6.10 Å². The van der Waals surface area contributed by atoms with Crippen molar-refractivity contribution in [3.63, 3.8) is 0 Å². The van der Waals surface area contributed by atoms with Crippen LogP contribution in [-0.4, -0.2) is 65.7 Å². The van der Waals surface area contributed by atoms with Gasteiger partial charge in [0.05, 0.1) is 19.8 Å². The van der Waals surface area contributed by atoms with Crippen LogP contribution in [0.3, 0.4) is 0 Å². The van der Waals surface area contributed by atoms with Gasteiger partial charge in [0.1, 0.15) is 12.7 Å². The number of aliphatic hydroxyl groups is 2. The Morgan fingerprint density at radius 2 is 0.705 bits per heavy atom. The van der Waals surface area contributed by atoms with Gasteiger partial charge in [0, 0.05) is 12.8 Å². The van der Waals surface area contributed by atoms with Crippen LogP contribution in [0.2, 0.25) is 0 Å². The summed E-state index contributed by atoms with van der Waals surface area (Å²) in [6.07, 6.45) is 46.5. The van der Waals surface area contributed by atoms with Crippen molar-refractivity contribution in [3.8, 4) is 0 Å². The van der Waals surface area contributed by atoms with Crippen LogP contribution in [-0.2, 0) is 32.7 Å². The van der Waals surface area contributed by atoms with E-state index in [9.17, 15) is 24.2 Å². The largest absolute Gasteiger partial charge is 0.472 e. The zero-order valence-electron chi connectivity index (χ0n) is 39.9. The van der Waals surface area contributed by atoms with E-state index in [1.165, 1.54) is 199 Å². The van der Waals surface area contributed by atoms with E-state index in [0.29, 0.717) is 12.8 Å². The highest BCUT2D eigenvalue weighted by molar-refractivity contribution is 7.47. The molecule has 0 amide bonds. The highest BCUT2D eigenvalue weighted by atomic mass is 31.2. The number of ether oxygens (including phenoxy) is 2. The summed E-state index contributed by atoms with van der Waals surface area (Å²) in [5.74, 6) is -0.903. The normalized spacial score (nSPS) is 13.6. The lowest BCUT2D eigenvalue weighted by molar-refractivity contribution is -0.161. The third kappa shape index (κ3) is 46.8. The molecule has 0 spiro atoms. The van der Waals surface area contributed by atoms with Gasteiger partial charge in [-0.1, -0.05) is 245 Å². The molecule has 61 heavy (non-hydrogen) atoms. The van der Waals surface area contributed by atoms with Gasteiger partial charge >= 0.3 is 19.8 Å². The maximum atomic E-state index is 12.7. The molecule has 0 bridgehead atoms. The first-order valence-electron chi connectivity index (χ1n) is 26.0. The van der Waals surface area contributed by atoms with Crippen molar-refractivity contribution in [3.05, 3.63) is 0 Å². The number of aliphatic hydroxyl groups excluding tert-OH is 2. The lowest BCUT2D eigenvalue weighted by atomic mass is 10.0. The second kappa shape index (κ2) is 46.9. The molecule has 0 aliphatic rings. The fourth-order valence-electron chi connectivity index (χ4n) is 7.76. The number of hydrogen-bond donors (Lipinski definition) is 3. The number of carbonyl (C=O) groups excluding carboxylic acids is 2. The minimum absolute atomic E-state index is 0.193. The standard InChI is InChI=1S/C50H99O10P/c1-3-5-7-9-11-13-15-17-19-20-21-22-23-24-25-26-28-29-31-33-35-37-39-41-49(53)57-45-48(46-59-61(55,56)58-44-47(52)43-51)60-50(54)42-40-38-36-34-32-30-27-18-16-14-12-10-8-6-4-2/h47-48,51-52H,3-46H2,1-2H3,(H,55,56)/t47-,48+/m1/s1. The number of unbranched alkanes of at least 4 members (excludes halogenated alkanes) is 36. The molecule has 3 atom stereocenters. The quantitative estimate of drug-likeness (QED) is 0.0306. The number of phosphoric ester groups is 1. The summed E-state index contributed by atoms with van der Waals surface area (Å²) >= 11 is 0. The summed E-state index contributed by atoms with van der Waals surface area (Å²) in [5, 5.41) is 18.4. The molecule has 0 aromatic rings. The van der Waals surface area contributed by atoms with Crippen LogP contribution in [0.5, 0.6) is 0 Å². The molecule has 0 heterocycles. The summed E-state index contributed by atoms with van der Waals surface area (Å²) in [6, 6.07) is 0. The molecule has 10 nitrogen and oxygen atoms in total. The van der Waals surface area contributed by atoms with E-state index in [4.69, 9.17) is 23.6 Å². The van der Waals surface area contributed by atoms with Gasteiger partial charge in [-0.05, 0) is 12.8 Å². The first-order chi connectivity index (χ1) is 29.7. The second-order valence-electron chi connectivity index (χ2n) is 17.9. The third-order valence-corrected chi connectivity index (χ3v) is 12.7. The molecule has 0 radical (unpaired) electrons. The van der Waals surface area contributed by atoms with Gasteiger partial charge in [-0.25, -0.2) is 4.57 Å². The minimum Gasteiger partial charge on any atom is -0.462 e. The highest BCUT2D eigenvalue weighted by Crippen LogP contribution is 2.43. The first kappa shape index (κ1) is 60.0. The molecule has 0 saturated heterocycles. The van der Waals surface area contributed by atoms with E-state index in [-0.39, 0.29) is 19.4 Å². The summed E-state index contributed by atoms with van der Waals surface area (Å²) < 4.78 is 32.9. The van der Waals surface area contributed by atoms with E-state index in [2.05, 4.69) is 13.8 Å². The smallest absolute Gasteiger partial charge is 0.462 e. The number of phosphoric acid groups is 1. The van der Waals surface area contributed by atoms with Crippen LogP contribution >= 0.6 is 7.82 Å². The maximum absolute atomic E-state index is 12.7. The number of esters is 2. The lowest BCUT2D eigenvalue weighted by Gasteiger charge is -2.20. The number of carbonyl (C=O) groups is 2. The van der Waals surface area contributed by atoms with Gasteiger partial charge in [0.25, 0.3) is 0 Å². The molecule has 0 rings (SSSR count). The monoisotopic (exact) mass is 891 g/mol. The van der Waals surface area contributed by atoms with Crippen molar-refractivity contribution < 1.29 is 47.8 Å². The Morgan fingerprint density at radius 3 is 1.02 bits per heavy atom. The first-order valence-corrected chi connectivity index (χ1v) is 27.5. The highest BCUT2D eigenvalue weighted by Gasteiger charge is 2.27. The molecule has 0 aromatic carbocycles. The molecule has 11 heteroatoms. The van der Waals surface area contributed by atoms with Gasteiger partial charge in [-0.3, -0.25) is 18.6 Å². The van der Waals surface area contributed by atoms with Gasteiger partial charge in [0.2, 0.25) is 0 Å². The summed E-state index contributed by atoms with van der Waals surface area (Å²) in [4.78, 5) is 35.1. The lowest BCUT2D eigenvalue weighted by Crippen LogP contribution is -2.29. The Bertz CT molecular complexity index is 982. The fourth-order valence-corrected chi connectivity index (χ4v) is 8.55. The topological polar surface area (TPSA) is 149 Å². The Morgan fingerprint density at radius 1 is 0.426 bits per heavy atom. The molecule has 0 saturated carbocycles. The van der Waals surface area contributed by atoms with Crippen molar-refractivity contribution in [1.29, 1.82) is 0 Å². The molecule has 1 unspecified atom stereocenters. The van der Waals surface area contributed by atoms with Crippen LogP contribution < -0.4 is 0 Å². The van der Waals surface area contributed by atoms with E-state index >= 15 is 0 Å². The van der Waals surface area contributed by atoms with E-state index in [1.54, 1.807) is 0 Å². The third-order valence-electron chi connectivity index (χ3n) is 11.8. The number of hydrogen-bond acceptors (Lipinski definition) is 9. The predicted octanol–water partition coefficient (Wildman–Crippen LogP) is 14.6. The molecule has 364 valence electrons. The molecule has 0 aliphatic heterocycles. The van der Waals surface area contributed by atoms with E-state index < -0.39 is 51.8 Å². The predicted molar refractivity (Wildman–Crippen MR) is 252 cm³/mol. The zero-order chi connectivity index (χ0) is 44.8. The molecule has 0 aliphatic carbocycles. The summed E-state index contributed by atoms with van der Waals surface area (Å²) in [5.41, 5.74) is 0. The van der Waals surface area contributed by atoms with Crippen LogP contribution in [0, 0.1) is 0 Å².